The lowest BCUT2D eigenvalue weighted by Crippen LogP contribution is -2.47. The van der Waals surface area contributed by atoms with Crippen molar-refractivity contribution in [1.82, 2.24) is 5.32 Å². The molecule has 2 amide bonds. The van der Waals surface area contributed by atoms with Gasteiger partial charge in [-0.2, -0.15) is 0 Å². The first-order chi connectivity index (χ1) is 9.88. The van der Waals surface area contributed by atoms with Gasteiger partial charge in [0, 0.05) is 5.69 Å². The normalized spacial score (nSPS) is 13.2. The van der Waals surface area contributed by atoms with Crippen molar-refractivity contribution in [3.63, 3.8) is 0 Å². The van der Waals surface area contributed by atoms with E-state index < -0.39 is 18.0 Å². The summed E-state index contributed by atoms with van der Waals surface area (Å²) >= 11 is 11.7. The molecule has 0 spiro atoms. The summed E-state index contributed by atoms with van der Waals surface area (Å²) in [6.07, 6.45) is 0.729. The van der Waals surface area contributed by atoms with Crippen molar-refractivity contribution in [3.8, 4) is 0 Å². The fourth-order valence-electron chi connectivity index (χ4n) is 1.68. The number of esters is 1. The zero-order valence-electron chi connectivity index (χ0n) is 12.1. The van der Waals surface area contributed by atoms with Crippen LogP contribution in [-0.4, -0.2) is 25.2 Å². The molecule has 0 aliphatic rings. The molecule has 0 aliphatic heterocycles. The van der Waals surface area contributed by atoms with Crippen molar-refractivity contribution in [3.05, 3.63) is 28.2 Å². The lowest BCUT2D eigenvalue weighted by molar-refractivity contribution is -0.144. The molecule has 5 nitrogen and oxygen atoms in total. The highest BCUT2D eigenvalue weighted by Crippen LogP contribution is 2.25. The molecule has 0 aliphatic carbocycles. The second-order valence-electron chi connectivity index (χ2n) is 4.61. The molecule has 1 rings (SSSR count). The molecule has 0 saturated carbocycles. The number of methoxy groups -OCH3 is 1. The molecule has 21 heavy (non-hydrogen) atoms. The highest BCUT2D eigenvalue weighted by atomic mass is 35.5. The predicted molar refractivity (Wildman–Crippen MR) is 83.9 cm³/mol. The molecular weight excluding hydrogens is 315 g/mol. The van der Waals surface area contributed by atoms with E-state index >= 15 is 0 Å². The standard InChI is InChI=1S/C14H18Cl2N2O3/c1-4-8(2)12(13(19)21-3)18-14(20)17-9-5-6-10(15)11(16)7-9/h5-8,12H,4H2,1-3H3,(H2,17,18,20). The van der Waals surface area contributed by atoms with E-state index in [0.717, 1.165) is 6.42 Å². The number of benzene rings is 1. The third-order valence-electron chi connectivity index (χ3n) is 3.13. The highest BCUT2D eigenvalue weighted by molar-refractivity contribution is 6.42. The Labute approximate surface area is 133 Å². The van der Waals surface area contributed by atoms with Crippen molar-refractivity contribution in [2.24, 2.45) is 5.92 Å². The first-order valence-corrected chi connectivity index (χ1v) is 7.25. The third kappa shape index (κ3) is 5.10. The number of urea groups is 1. The van der Waals surface area contributed by atoms with Gasteiger partial charge in [-0.1, -0.05) is 43.5 Å². The van der Waals surface area contributed by atoms with E-state index in [1.807, 2.05) is 13.8 Å². The van der Waals surface area contributed by atoms with E-state index in [9.17, 15) is 9.59 Å². The van der Waals surface area contributed by atoms with Crippen LogP contribution >= 0.6 is 23.2 Å². The van der Waals surface area contributed by atoms with E-state index in [4.69, 9.17) is 27.9 Å². The minimum atomic E-state index is -0.706. The highest BCUT2D eigenvalue weighted by Gasteiger charge is 2.26. The van der Waals surface area contributed by atoms with E-state index in [1.165, 1.54) is 13.2 Å². The lowest BCUT2D eigenvalue weighted by Gasteiger charge is -2.22. The van der Waals surface area contributed by atoms with Crippen LogP contribution in [0.25, 0.3) is 0 Å². The van der Waals surface area contributed by atoms with Crippen molar-refractivity contribution in [1.29, 1.82) is 0 Å². The van der Waals surface area contributed by atoms with Crippen molar-refractivity contribution < 1.29 is 14.3 Å². The molecule has 7 heteroatoms. The summed E-state index contributed by atoms with van der Waals surface area (Å²) in [6, 6.07) is 3.50. The topological polar surface area (TPSA) is 67.4 Å². The fraction of sp³-hybridized carbons (Fsp3) is 0.429. The monoisotopic (exact) mass is 332 g/mol. The van der Waals surface area contributed by atoms with Gasteiger partial charge in [-0.05, 0) is 24.1 Å². The number of rotatable bonds is 5. The van der Waals surface area contributed by atoms with Crippen molar-refractivity contribution in [2.75, 3.05) is 12.4 Å². The summed E-state index contributed by atoms with van der Waals surface area (Å²) in [5.74, 6) is -0.523. The van der Waals surface area contributed by atoms with Gasteiger partial charge >= 0.3 is 12.0 Å². The average Bonchev–Trinajstić information content (AvgIpc) is 2.47. The maximum Gasteiger partial charge on any atom is 0.328 e. The van der Waals surface area contributed by atoms with Gasteiger partial charge in [0.1, 0.15) is 6.04 Å². The molecule has 1 aromatic carbocycles. The number of halogens is 2. The molecule has 0 bridgehead atoms. The summed E-state index contributed by atoms with van der Waals surface area (Å²) in [6.45, 7) is 3.79. The smallest absolute Gasteiger partial charge is 0.328 e. The van der Waals surface area contributed by atoms with Crippen molar-refractivity contribution >= 4 is 40.9 Å². The zero-order chi connectivity index (χ0) is 16.0. The Morgan fingerprint density at radius 2 is 1.95 bits per heavy atom. The minimum absolute atomic E-state index is 0.0444. The van der Waals surface area contributed by atoms with Crippen LogP contribution in [-0.2, 0) is 9.53 Å². The Hall–Kier alpha value is -1.46. The average molecular weight is 333 g/mol. The van der Waals surface area contributed by atoms with Gasteiger partial charge in [-0.3, -0.25) is 0 Å². The molecule has 0 aromatic heterocycles. The molecule has 1 aromatic rings. The SMILES string of the molecule is CCC(C)C(NC(=O)Nc1ccc(Cl)c(Cl)c1)C(=O)OC. The molecule has 0 radical (unpaired) electrons. The van der Waals surface area contributed by atoms with Gasteiger partial charge in [0.05, 0.1) is 17.2 Å². The van der Waals surface area contributed by atoms with Crippen LogP contribution in [0.4, 0.5) is 10.5 Å². The van der Waals surface area contributed by atoms with Crippen LogP contribution in [0.1, 0.15) is 20.3 Å². The third-order valence-corrected chi connectivity index (χ3v) is 3.87. The second-order valence-corrected chi connectivity index (χ2v) is 5.43. The number of nitrogens with one attached hydrogen (secondary N) is 2. The predicted octanol–water partition coefficient (Wildman–Crippen LogP) is 3.70. The van der Waals surface area contributed by atoms with Gasteiger partial charge in [0.15, 0.2) is 0 Å². The van der Waals surface area contributed by atoms with Gasteiger partial charge in [-0.25, -0.2) is 9.59 Å². The number of anilines is 1. The first-order valence-electron chi connectivity index (χ1n) is 6.49. The first kappa shape index (κ1) is 17.6. The number of carbonyl (C=O) groups excluding carboxylic acids is 2. The summed E-state index contributed by atoms with van der Waals surface area (Å²) in [5.41, 5.74) is 0.481. The van der Waals surface area contributed by atoms with Crippen LogP contribution in [0.5, 0.6) is 0 Å². The van der Waals surface area contributed by atoms with Gasteiger partial charge in [0.25, 0.3) is 0 Å². The number of ether oxygens (including phenoxy) is 1. The van der Waals surface area contributed by atoms with Gasteiger partial charge < -0.3 is 15.4 Å². The van der Waals surface area contributed by atoms with Crippen LogP contribution in [0.15, 0.2) is 18.2 Å². The largest absolute Gasteiger partial charge is 0.467 e. The number of carbonyl (C=O) groups is 2. The summed E-state index contributed by atoms with van der Waals surface area (Å²) in [5, 5.41) is 5.93. The van der Waals surface area contributed by atoms with Crippen LogP contribution in [0.3, 0.4) is 0 Å². The molecule has 116 valence electrons. The number of amides is 2. The molecular formula is C14H18Cl2N2O3. The molecule has 0 fully saturated rings. The molecule has 2 unspecified atom stereocenters. The Kier molecular flexibility index (Phi) is 6.78. The number of hydrogen-bond acceptors (Lipinski definition) is 3. The maximum atomic E-state index is 12.0. The Bertz CT molecular complexity index is 523. The molecule has 0 heterocycles. The second kappa shape index (κ2) is 8.10. The lowest BCUT2D eigenvalue weighted by atomic mass is 9.99. The Morgan fingerprint density at radius 1 is 1.29 bits per heavy atom. The van der Waals surface area contributed by atoms with Crippen LogP contribution < -0.4 is 10.6 Å². The quantitative estimate of drug-likeness (QED) is 0.808. The van der Waals surface area contributed by atoms with E-state index in [-0.39, 0.29) is 5.92 Å². The Balaban J connectivity index is 2.73. The maximum absolute atomic E-state index is 12.0. The van der Waals surface area contributed by atoms with E-state index in [2.05, 4.69) is 10.6 Å². The fourth-order valence-corrected chi connectivity index (χ4v) is 1.98. The summed E-state index contributed by atoms with van der Waals surface area (Å²) in [4.78, 5) is 23.6. The molecule has 2 atom stereocenters. The summed E-state index contributed by atoms with van der Waals surface area (Å²) < 4.78 is 4.70. The van der Waals surface area contributed by atoms with Gasteiger partial charge in [0.2, 0.25) is 0 Å². The van der Waals surface area contributed by atoms with E-state index in [0.29, 0.717) is 15.7 Å². The van der Waals surface area contributed by atoms with Crippen LogP contribution in [0.2, 0.25) is 10.0 Å². The molecule has 2 N–H and O–H groups in total. The zero-order valence-corrected chi connectivity index (χ0v) is 13.6. The van der Waals surface area contributed by atoms with Crippen LogP contribution in [0, 0.1) is 5.92 Å². The molecule has 0 saturated heterocycles. The summed E-state index contributed by atoms with van der Waals surface area (Å²) in [7, 11) is 1.29. The Morgan fingerprint density at radius 3 is 2.48 bits per heavy atom. The van der Waals surface area contributed by atoms with Crippen molar-refractivity contribution in [2.45, 2.75) is 26.3 Å². The van der Waals surface area contributed by atoms with E-state index in [1.54, 1.807) is 12.1 Å². The number of hydrogen-bond donors (Lipinski definition) is 2. The van der Waals surface area contributed by atoms with Gasteiger partial charge in [-0.15, -0.1) is 0 Å². The minimum Gasteiger partial charge on any atom is -0.467 e.